The number of phenols is 1. The molecular formula is C13H12O6. The molecule has 0 atom stereocenters. The number of ketones is 2. The SMILES string of the molecule is CC(=O)C(C(C)=O)C(=O)OC(=O)c1ccc(O)cc1. The predicted octanol–water partition coefficient (Wildman–Crippen LogP) is 0.870. The highest BCUT2D eigenvalue weighted by molar-refractivity contribution is 6.18. The molecule has 0 aliphatic carbocycles. The summed E-state index contributed by atoms with van der Waals surface area (Å²) in [5.41, 5.74) is 0.0250. The Hall–Kier alpha value is -2.50. The van der Waals surface area contributed by atoms with Gasteiger partial charge in [-0.05, 0) is 38.1 Å². The smallest absolute Gasteiger partial charge is 0.345 e. The van der Waals surface area contributed by atoms with Crippen LogP contribution in [0.4, 0.5) is 0 Å². The second-order valence-electron chi connectivity index (χ2n) is 3.91. The number of esters is 2. The molecule has 0 spiro atoms. The fraction of sp³-hybridized carbons (Fsp3) is 0.231. The monoisotopic (exact) mass is 264 g/mol. The molecule has 1 aromatic rings. The average molecular weight is 264 g/mol. The van der Waals surface area contributed by atoms with Crippen LogP contribution in [0.3, 0.4) is 0 Å². The summed E-state index contributed by atoms with van der Waals surface area (Å²) in [6.45, 7) is 2.14. The molecule has 19 heavy (non-hydrogen) atoms. The van der Waals surface area contributed by atoms with Crippen LogP contribution in [-0.2, 0) is 19.1 Å². The van der Waals surface area contributed by atoms with Gasteiger partial charge in [-0.3, -0.25) is 14.4 Å². The molecule has 0 aromatic heterocycles. The lowest BCUT2D eigenvalue weighted by molar-refractivity contribution is -0.149. The maximum atomic E-state index is 11.6. The molecule has 0 amide bonds. The number of hydrogen-bond acceptors (Lipinski definition) is 6. The van der Waals surface area contributed by atoms with E-state index in [2.05, 4.69) is 4.74 Å². The van der Waals surface area contributed by atoms with Gasteiger partial charge in [-0.25, -0.2) is 4.79 Å². The Morgan fingerprint density at radius 1 is 1.00 bits per heavy atom. The van der Waals surface area contributed by atoms with E-state index in [0.29, 0.717) is 0 Å². The number of aromatic hydroxyl groups is 1. The first-order valence-corrected chi connectivity index (χ1v) is 5.39. The van der Waals surface area contributed by atoms with E-state index in [1.807, 2.05) is 0 Å². The molecular weight excluding hydrogens is 252 g/mol. The van der Waals surface area contributed by atoms with E-state index in [0.717, 1.165) is 13.8 Å². The van der Waals surface area contributed by atoms with E-state index in [4.69, 9.17) is 5.11 Å². The summed E-state index contributed by atoms with van der Waals surface area (Å²) >= 11 is 0. The highest BCUT2D eigenvalue weighted by atomic mass is 16.6. The molecule has 0 saturated heterocycles. The van der Waals surface area contributed by atoms with Crippen molar-refractivity contribution in [3.05, 3.63) is 29.8 Å². The van der Waals surface area contributed by atoms with Crippen molar-refractivity contribution in [2.75, 3.05) is 0 Å². The van der Waals surface area contributed by atoms with Crippen molar-refractivity contribution in [2.45, 2.75) is 13.8 Å². The molecule has 0 aliphatic heterocycles. The highest BCUT2D eigenvalue weighted by Gasteiger charge is 2.31. The molecule has 1 aromatic carbocycles. The van der Waals surface area contributed by atoms with Gasteiger partial charge in [0.1, 0.15) is 5.75 Å². The van der Waals surface area contributed by atoms with Gasteiger partial charge in [-0.15, -0.1) is 0 Å². The molecule has 0 fully saturated rings. The second kappa shape index (κ2) is 5.90. The van der Waals surface area contributed by atoms with Gasteiger partial charge in [0.05, 0.1) is 5.56 Å². The summed E-state index contributed by atoms with van der Waals surface area (Å²) in [5, 5.41) is 9.05. The molecule has 0 bridgehead atoms. The van der Waals surface area contributed by atoms with Crippen molar-refractivity contribution in [2.24, 2.45) is 5.92 Å². The first-order valence-electron chi connectivity index (χ1n) is 5.39. The molecule has 6 heteroatoms. The van der Waals surface area contributed by atoms with Crippen molar-refractivity contribution in [1.82, 2.24) is 0 Å². The van der Waals surface area contributed by atoms with Gasteiger partial charge in [0.25, 0.3) is 0 Å². The molecule has 1 rings (SSSR count). The Morgan fingerprint density at radius 3 is 1.89 bits per heavy atom. The zero-order chi connectivity index (χ0) is 14.6. The summed E-state index contributed by atoms with van der Waals surface area (Å²) in [5.74, 6) is -5.18. The third-order valence-corrected chi connectivity index (χ3v) is 2.35. The molecule has 0 unspecified atom stereocenters. The molecule has 0 heterocycles. The van der Waals surface area contributed by atoms with Crippen LogP contribution in [0.25, 0.3) is 0 Å². The van der Waals surface area contributed by atoms with Crippen molar-refractivity contribution in [3.8, 4) is 5.75 Å². The molecule has 0 aliphatic rings. The van der Waals surface area contributed by atoms with E-state index in [-0.39, 0.29) is 11.3 Å². The van der Waals surface area contributed by atoms with Gasteiger partial charge < -0.3 is 9.84 Å². The maximum Gasteiger partial charge on any atom is 0.345 e. The van der Waals surface area contributed by atoms with Crippen LogP contribution < -0.4 is 0 Å². The zero-order valence-corrected chi connectivity index (χ0v) is 10.4. The lowest BCUT2D eigenvalue weighted by Crippen LogP contribution is -2.31. The van der Waals surface area contributed by atoms with Gasteiger partial charge in [0.2, 0.25) is 0 Å². The fourth-order valence-corrected chi connectivity index (χ4v) is 1.42. The number of ether oxygens (including phenoxy) is 1. The molecule has 0 saturated carbocycles. The van der Waals surface area contributed by atoms with E-state index in [9.17, 15) is 19.2 Å². The standard InChI is InChI=1S/C13H12O6/c1-7(14)11(8(2)15)13(18)19-12(17)9-3-5-10(16)6-4-9/h3-6,11,16H,1-2H3. The Balaban J connectivity index is 2.81. The van der Waals surface area contributed by atoms with Gasteiger partial charge in [0, 0.05) is 0 Å². The Labute approximate surface area is 109 Å². The minimum Gasteiger partial charge on any atom is -0.508 e. The van der Waals surface area contributed by atoms with Crippen molar-refractivity contribution >= 4 is 23.5 Å². The number of carbonyl (C=O) groups excluding carboxylic acids is 4. The number of hydrogen-bond donors (Lipinski definition) is 1. The topological polar surface area (TPSA) is 97.7 Å². The quantitative estimate of drug-likeness (QED) is 0.640. The summed E-state index contributed by atoms with van der Waals surface area (Å²) in [6.07, 6.45) is 0. The minimum absolute atomic E-state index is 0.0250. The lowest BCUT2D eigenvalue weighted by atomic mass is 10.0. The molecule has 100 valence electrons. The summed E-state index contributed by atoms with van der Waals surface area (Å²) in [7, 11) is 0. The number of carbonyl (C=O) groups is 4. The second-order valence-corrected chi connectivity index (χ2v) is 3.91. The van der Waals surface area contributed by atoms with E-state index in [1.165, 1.54) is 24.3 Å². The Kier molecular flexibility index (Phi) is 4.52. The normalized spacial score (nSPS) is 10.1. The van der Waals surface area contributed by atoms with Crippen LogP contribution in [-0.4, -0.2) is 28.6 Å². The predicted molar refractivity (Wildman–Crippen MR) is 63.4 cm³/mol. The van der Waals surface area contributed by atoms with Gasteiger partial charge in [-0.2, -0.15) is 0 Å². The van der Waals surface area contributed by atoms with Crippen LogP contribution in [0.5, 0.6) is 5.75 Å². The summed E-state index contributed by atoms with van der Waals surface area (Å²) < 4.78 is 4.46. The van der Waals surface area contributed by atoms with E-state index in [1.54, 1.807) is 0 Å². The number of Topliss-reactive ketones (excluding diaryl/α,β-unsaturated/α-hetero) is 2. The largest absolute Gasteiger partial charge is 0.508 e. The molecule has 0 radical (unpaired) electrons. The van der Waals surface area contributed by atoms with Crippen LogP contribution in [0.1, 0.15) is 24.2 Å². The average Bonchev–Trinajstić information content (AvgIpc) is 2.28. The number of phenolic OH excluding ortho intramolecular Hbond substituents is 1. The lowest BCUT2D eigenvalue weighted by Gasteiger charge is -2.08. The first-order chi connectivity index (χ1) is 8.82. The van der Waals surface area contributed by atoms with Crippen LogP contribution >= 0.6 is 0 Å². The molecule has 1 N–H and O–H groups in total. The highest BCUT2D eigenvalue weighted by Crippen LogP contribution is 2.12. The van der Waals surface area contributed by atoms with E-state index < -0.39 is 29.4 Å². The Morgan fingerprint density at radius 2 is 1.47 bits per heavy atom. The third-order valence-electron chi connectivity index (χ3n) is 2.35. The first kappa shape index (κ1) is 14.6. The fourth-order valence-electron chi connectivity index (χ4n) is 1.42. The van der Waals surface area contributed by atoms with Crippen LogP contribution in [0.2, 0.25) is 0 Å². The molecule has 6 nitrogen and oxygen atoms in total. The number of rotatable bonds is 4. The maximum absolute atomic E-state index is 11.6. The zero-order valence-electron chi connectivity index (χ0n) is 10.4. The Bertz CT molecular complexity index is 515. The van der Waals surface area contributed by atoms with Crippen LogP contribution in [0.15, 0.2) is 24.3 Å². The van der Waals surface area contributed by atoms with Gasteiger partial charge >= 0.3 is 11.9 Å². The summed E-state index contributed by atoms with van der Waals surface area (Å²) in [6, 6.07) is 4.99. The van der Waals surface area contributed by atoms with Crippen molar-refractivity contribution in [3.63, 3.8) is 0 Å². The third kappa shape index (κ3) is 3.74. The van der Waals surface area contributed by atoms with Crippen LogP contribution in [0, 0.1) is 5.92 Å². The van der Waals surface area contributed by atoms with Crippen molar-refractivity contribution < 1.29 is 29.0 Å². The minimum atomic E-state index is -1.58. The van der Waals surface area contributed by atoms with Crippen molar-refractivity contribution in [1.29, 1.82) is 0 Å². The van der Waals surface area contributed by atoms with Gasteiger partial charge in [-0.1, -0.05) is 0 Å². The van der Waals surface area contributed by atoms with E-state index >= 15 is 0 Å². The number of benzene rings is 1. The van der Waals surface area contributed by atoms with Gasteiger partial charge in [0.15, 0.2) is 17.5 Å². The summed E-state index contributed by atoms with van der Waals surface area (Å²) in [4.78, 5) is 45.4.